The molecule has 0 radical (unpaired) electrons. The van der Waals surface area contributed by atoms with Crippen LogP contribution in [0, 0.1) is 20.8 Å². The fourth-order valence-corrected chi connectivity index (χ4v) is 3.60. The lowest BCUT2D eigenvalue weighted by molar-refractivity contribution is 0.0846. The molecule has 0 aliphatic rings. The molecule has 2 aromatic heterocycles. The zero-order chi connectivity index (χ0) is 18.0. The van der Waals surface area contributed by atoms with Crippen LogP contribution in [0.15, 0.2) is 48.8 Å². The van der Waals surface area contributed by atoms with Crippen LogP contribution in [0.1, 0.15) is 36.7 Å². The van der Waals surface area contributed by atoms with Crippen LogP contribution in [-0.2, 0) is 0 Å². The van der Waals surface area contributed by atoms with Gasteiger partial charge < -0.3 is 4.57 Å². The van der Waals surface area contributed by atoms with Crippen molar-refractivity contribution in [3.63, 3.8) is 0 Å². The predicted molar refractivity (Wildman–Crippen MR) is 99.2 cm³/mol. The van der Waals surface area contributed by atoms with Crippen LogP contribution in [0.4, 0.5) is 0 Å². The van der Waals surface area contributed by atoms with Crippen molar-refractivity contribution in [2.45, 2.75) is 20.8 Å². The molecule has 6 heteroatoms. The summed E-state index contributed by atoms with van der Waals surface area (Å²) < 4.78 is 1.90. The molecule has 0 unspecified atom stereocenters. The minimum absolute atomic E-state index is 0.328. The second kappa shape index (κ2) is 6.94. The second-order valence-corrected chi connectivity index (χ2v) is 7.03. The molecule has 3 aromatic rings. The number of hydrazine groups is 1. The number of thiophene rings is 1. The van der Waals surface area contributed by atoms with E-state index in [-0.39, 0.29) is 11.8 Å². The summed E-state index contributed by atoms with van der Waals surface area (Å²) in [5.41, 5.74) is 8.06. The van der Waals surface area contributed by atoms with E-state index in [4.69, 9.17) is 0 Å². The molecule has 1 aromatic carbocycles. The zero-order valence-electron chi connectivity index (χ0n) is 14.3. The molecule has 0 fully saturated rings. The number of benzene rings is 1. The van der Waals surface area contributed by atoms with Crippen LogP contribution in [0.25, 0.3) is 5.00 Å². The van der Waals surface area contributed by atoms with Crippen molar-refractivity contribution < 1.29 is 9.59 Å². The third kappa shape index (κ3) is 3.49. The van der Waals surface area contributed by atoms with Gasteiger partial charge in [0, 0.05) is 22.8 Å². The van der Waals surface area contributed by atoms with Gasteiger partial charge in [0.05, 0.1) is 5.56 Å². The van der Waals surface area contributed by atoms with E-state index in [1.165, 1.54) is 0 Å². The standard InChI is InChI=1S/C19H19N3O2S/c1-12-6-8-15(9-7-12)17(23)20-21-18(24)16-13(2)14(3)25-19(16)22-10-4-5-11-22/h4-11H,1-3H3,(H,20,23)(H,21,24). The topological polar surface area (TPSA) is 63.1 Å². The third-order valence-corrected chi connectivity index (χ3v) is 5.26. The summed E-state index contributed by atoms with van der Waals surface area (Å²) in [6.07, 6.45) is 3.79. The third-order valence-electron chi connectivity index (χ3n) is 4.04. The lowest BCUT2D eigenvalue weighted by atomic mass is 10.1. The Bertz CT molecular complexity index is 909. The number of hydrogen-bond donors (Lipinski definition) is 2. The van der Waals surface area contributed by atoms with Crippen LogP contribution in [0.2, 0.25) is 0 Å². The fraction of sp³-hybridized carbons (Fsp3) is 0.158. The van der Waals surface area contributed by atoms with Crippen LogP contribution in [0.3, 0.4) is 0 Å². The van der Waals surface area contributed by atoms with Crippen LogP contribution in [0.5, 0.6) is 0 Å². The lowest BCUT2D eigenvalue weighted by Gasteiger charge is -2.10. The van der Waals surface area contributed by atoms with Gasteiger partial charge in [-0.1, -0.05) is 17.7 Å². The van der Waals surface area contributed by atoms with Crippen molar-refractivity contribution in [3.8, 4) is 5.00 Å². The molecule has 0 saturated heterocycles. The highest BCUT2D eigenvalue weighted by molar-refractivity contribution is 7.15. The SMILES string of the molecule is Cc1ccc(C(=O)NNC(=O)c2c(-n3cccc3)sc(C)c2C)cc1. The maximum Gasteiger partial charge on any atom is 0.272 e. The Morgan fingerprint density at radius 3 is 2.16 bits per heavy atom. The molecule has 25 heavy (non-hydrogen) atoms. The number of carbonyl (C=O) groups excluding carboxylic acids is 2. The Hall–Kier alpha value is -2.86. The van der Waals surface area contributed by atoms with Crippen LogP contribution in [-0.4, -0.2) is 16.4 Å². The van der Waals surface area contributed by atoms with Crippen molar-refractivity contribution >= 4 is 23.2 Å². The van der Waals surface area contributed by atoms with Gasteiger partial charge in [0.1, 0.15) is 5.00 Å². The maximum absolute atomic E-state index is 12.7. The summed E-state index contributed by atoms with van der Waals surface area (Å²) in [6.45, 7) is 5.85. The molecule has 3 rings (SSSR count). The average molecular weight is 353 g/mol. The van der Waals surface area contributed by atoms with E-state index in [9.17, 15) is 9.59 Å². The number of rotatable bonds is 3. The molecule has 2 amide bonds. The average Bonchev–Trinajstić information content (AvgIpc) is 3.22. The van der Waals surface area contributed by atoms with Gasteiger partial charge >= 0.3 is 0 Å². The molecular formula is C19H19N3O2S. The summed E-state index contributed by atoms with van der Waals surface area (Å²) in [5.74, 6) is -0.675. The minimum atomic E-state index is -0.347. The van der Waals surface area contributed by atoms with E-state index in [0.717, 1.165) is 21.0 Å². The molecule has 0 atom stereocenters. The van der Waals surface area contributed by atoms with E-state index in [0.29, 0.717) is 11.1 Å². The first-order chi connectivity index (χ1) is 12.0. The number of aryl methyl sites for hydroxylation is 2. The van der Waals surface area contributed by atoms with Crippen LogP contribution >= 0.6 is 11.3 Å². The molecule has 2 N–H and O–H groups in total. The van der Waals surface area contributed by atoms with Gasteiger partial charge in [-0.2, -0.15) is 0 Å². The lowest BCUT2D eigenvalue weighted by Crippen LogP contribution is -2.42. The number of carbonyl (C=O) groups is 2. The largest absolute Gasteiger partial charge is 0.315 e. The monoisotopic (exact) mass is 353 g/mol. The summed E-state index contributed by atoms with van der Waals surface area (Å²) in [7, 11) is 0. The number of hydrogen-bond acceptors (Lipinski definition) is 3. The van der Waals surface area contributed by atoms with Gasteiger partial charge in [-0.25, -0.2) is 0 Å². The molecular weight excluding hydrogens is 334 g/mol. The van der Waals surface area contributed by atoms with Crippen molar-refractivity contribution in [1.29, 1.82) is 0 Å². The first-order valence-corrected chi connectivity index (χ1v) is 8.69. The summed E-state index contributed by atoms with van der Waals surface area (Å²) in [5, 5.41) is 0.835. The van der Waals surface area contributed by atoms with Gasteiger partial charge in [0.2, 0.25) is 0 Å². The molecule has 0 aliphatic heterocycles. The summed E-state index contributed by atoms with van der Waals surface area (Å²) >= 11 is 1.55. The van der Waals surface area contributed by atoms with E-state index < -0.39 is 0 Å². The van der Waals surface area contributed by atoms with Gasteiger partial charge in [-0.05, 0) is 50.6 Å². The van der Waals surface area contributed by atoms with E-state index >= 15 is 0 Å². The van der Waals surface area contributed by atoms with E-state index in [1.54, 1.807) is 23.5 Å². The van der Waals surface area contributed by atoms with Gasteiger partial charge in [0.25, 0.3) is 11.8 Å². The van der Waals surface area contributed by atoms with Crippen LogP contribution < -0.4 is 10.9 Å². The van der Waals surface area contributed by atoms with E-state index in [1.807, 2.05) is 62.0 Å². The number of amides is 2. The second-order valence-electron chi connectivity index (χ2n) is 5.83. The fourth-order valence-electron chi connectivity index (χ4n) is 2.48. The first kappa shape index (κ1) is 17.0. The molecule has 128 valence electrons. The highest BCUT2D eigenvalue weighted by atomic mass is 32.1. The normalized spacial score (nSPS) is 10.5. The molecule has 5 nitrogen and oxygen atoms in total. The molecule has 0 saturated carbocycles. The Labute approximate surface area is 150 Å². The van der Waals surface area contributed by atoms with Gasteiger partial charge in [0.15, 0.2) is 0 Å². The number of nitrogens with zero attached hydrogens (tertiary/aromatic N) is 1. The van der Waals surface area contributed by atoms with Crippen molar-refractivity contribution in [1.82, 2.24) is 15.4 Å². The molecule has 0 bridgehead atoms. The van der Waals surface area contributed by atoms with E-state index in [2.05, 4.69) is 10.9 Å². The number of aromatic nitrogens is 1. The summed E-state index contributed by atoms with van der Waals surface area (Å²) in [6, 6.07) is 11.0. The maximum atomic E-state index is 12.7. The first-order valence-electron chi connectivity index (χ1n) is 7.88. The highest BCUT2D eigenvalue weighted by Gasteiger charge is 2.21. The predicted octanol–water partition coefficient (Wildman–Crippen LogP) is 3.54. The van der Waals surface area contributed by atoms with Crippen molar-refractivity contribution in [2.24, 2.45) is 0 Å². The summed E-state index contributed by atoms with van der Waals surface area (Å²) in [4.78, 5) is 25.9. The Morgan fingerprint density at radius 2 is 1.52 bits per heavy atom. The smallest absolute Gasteiger partial charge is 0.272 e. The highest BCUT2D eigenvalue weighted by Crippen LogP contribution is 2.30. The molecule has 0 aliphatic carbocycles. The number of nitrogens with one attached hydrogen (secondary N) is 2. The Morgan fingerprint density at radius 1 is 0.920 bits per heavy atom. The van der Waals surface area contributed by atoms with Gasteiger partial charge in [-0.15, -0.1) is 11.3 Å². The van der Waals surface area contributed by atoms with Gasteiger partial charge in [-0.3, -0.25) is 20.4 Å². The zero-order valence-corrected chi connectivity index (χ0v) is 15.1. The molecule has 0 spiro atoms. The van der Waals surface area contributed by atoms with Crippen molar-refractivity contribution in [3.05, 3.63) is 75.9 Å². The molecule has 2 heterocycles. The Kier molecular flexibility index (Phi) is 4.72. The minimum Gasteiger partial charge on any atom is -0.315 e. The van der Waals surface area contributed by atoms with Crippen molar-refractivity contribution in [2.75, 3.05) is 0 Å². The Balaban J connectivity index is 1.78. The quantitative estimate of drug-likeness (QED) is 0.708.